The molecular formula is C11H15N5. The molecule has 2 N–H and O–H groups in total. The van der Waals surface area contributed by atoms with E-state index in [1.807, 2.05) is 26.0 Å². The first-order valence-electron chi connectivity index (χ1n) is 5.27. The van der Waals surface area contributed by atoms with E-state index in [1.54, 1.807) is 4.68 Å². The molecule has 0 aromatic carbocycles. The van der Waals surface area contributed by atoms with Crippen molar-refractivity contribution in [2.75, 3.05) is 5.73 Å². The third-order valence-electron chi connectivity index (χ3n) is 2.32. The summed E-state index contributed by atoms with van der Waals surface area (Å²) in [6, 6.07) is 3.78. The molecule has 5 heteroatoms. The van der Waals surface area contributed by atoms with Gasteiger partial charge in [0, 0.05) is 23.1 Å². The standard InChI is InChI=1S/C11H15N5/c1-4-9-6-10(12)15-16(9)11-13-7(2)5-8(3)14-11/h5-6H,4H2,1-3H3,(H2,12,15). The Balaban J connectivity index is 2.57. The number of aryl methyl sites for hydroxylation is 3. The maximum Gasteiger partial charge on any atom is 0.251 e. The minimum Gasteiger partial charge on any atom is -0.382 e. The zero-order valence-corrected chi connectivity index (χ0v) is 9.73. The quantitative estimate of drug-likeness (QED) is 0.826. The van der Waals surface area contributed by atoms with Crippen molar-refractivity contribution in [2.45, 2.75) is 27.2 Å². The van der Waals surface area contributed by atoms with Crippen LogP contribution in [-0.4, -0.2) is 19.7 Å². The van der Waals surface area contributed by atoms with Crippen LogP contribution in [0.1, 0.15) is 24.0 Å². The van der Waals surface area contributed by atoms with Crippen LogP contribution in [0.2, 0.25) is 0 Å². The average Bonchev–Trinajstić information content (AvgIpc) is 2.58. The van der Waals surface area contributed by atoms with Crippen LogP contribution >= 0.6 is 0 Å². The Morgan fingerprint density at radius 1 is 1.19 bits per heavy atom. The van der Waals surface area contributed by atoms with E-state index in [-0.39, 0.29) is 0 Å². The van der Waals surface area contributed by atoms with Crippen LogP contribution in [0.5, 0.6) is 0 Å². The lowest BCUT2D eigenvalue weighted by atomic mass is 10.3. The van der Waals surface area contributed by atoms with E-state index in [1.165, 1.54) is 0 Å². The van der Waals surface area contributed by atoms with Crippen molar-refractivity contribution >= 4 is 5.82 Å². The molecule has 0 atom stereocenters. The summed E-state index contributed by atoms with van der Waals surface area (Å²) in [7, 11) is 0. The second-order valence-corrected chi connectivity index (χ2v) is 3.78. The highest BCUT2D eigenvalue weighted by molar-refractivity contribution is 5.33. The Labute approximate surface area is 94.3 Å². The smallest absolute Gasteiger partial charge is 0.251 e. The maximum absolute atomic E-state index is 5.68. The number of rotatable bonds is 2. The third-order valence-corrected chi connectivity index (χ3v) is 2.32. The molecule has 16 heavy (non-hydrogen) atoms. The van der Waals surface area contributed by atoms with Gasteiger partial charge in [-0.25, -0.2) is 14.6 Å². The summed E-state index contributed by atoms with van der Waals surface area (Å²) < 4.78 is 1.70. The maximum atomic E-state index is 5.68. The molecular weight excluding hydrogens is 202 g/mol. The summed E-state index contributed by atoms with van der Waals surface area (Å²) in [6.45, 7) is 5.93. The van der Waals surface area contributed by atoms with Gasteiger partial charge in [-0.3, -0.25) is 0 Å². The van der Waals surface area contributed by atoms with Gasteiger partial charge >= 0.3 is 0 Å². The Morgan fingerprint density at radius 3 is 2.38 bits per heavy atom. The molecule has 2 rings (SSSR count). The zero-order valence-electron chi connectivity index (χ0n) is 9.73. The molecule has 0 fully saturated rings. The molecule has 0 radical (unpaired) electrons. The number of anilines is 1. The zero-order chi connectivity index (χ0) is 11.7. The normalized spacial score (nSPS) is 10.7. The number of hydrogen-bond acceptors (Lipinski definition) is 4. The molecule has 0 aliphatic carbocycles. The molecule has 2 aromatic heterocycles. The van der Waals surface area contributed by atoms with Crippen molar-refractivity contribution < 1.29 is 0 Å². The molecule has 84 valence electrons. The van der Waals surface area contributed by atoms with Gasteiger partial charge in [-0.2, -0.15) is 0 Å². The lowest BCUT2D eigenvalue weighted by Crippen LogP contribution is -2.08. The fourth-order valence-electron chi connectivity index (χ4n) is 1.67. The fraction of sp³-hybridized carbons (Fsp3) is 0.364. The van der Waals surface area contributed by atoms with E-state index >= 15 is 0 Å². The highest BCUT2D eigenvalue weighted by Crippen LogP contribution is 2.12. The van der Waals surface area contributed by atoms with Crippen molar-refractivity contribution in [2.24, 2.45) is 0 Å². The molecule has 0 aliphatic rings. The van der Waals surface area contributed by atoms with Gasteiger partial charge in [-0.1, -0.05) is 6.92 Å². The largest absolute Gasteiger partial charge is 0.382 e. The number of aromatic nitrogens is 4. The number of nitrogen functional groups attached to an aromatic ring is 1. The molecule has 0 aliphatic heterocycles. The van der Waals surface area contributed by atoms with E-state index < -0.39 is 0 Å². The molecule has 5 nitrogen and oxygen atoms in total. The summed E-state index contributed by atoms with van der Waals surface area (Å²) >= 11 is 0. The van der Waals surface area contributed by atoms with Crippen LogP contribution in [0.25, 0.3) is 5.95 Å². The van der Waals surface area contributed by atoms with Gasteiger partial charge in [-0.15, -0.1) is 5.10 Å². The van der Waals surface area contributed by atoms with E-state index in [4.69, 9.17) is 5.73 Å². The van der Waals surface area contributed by atoms with Crippen molar-refractivity contribution in [1.82, 2.24) is 19.7 Å². The van der Waals surface area contributed by atoms with Gasteiger partial charge in [0.05, 0.1) is 0 Å². The second-order valence-electron chi connectivity index (χ2n) is 3.78. The topological polar surface area (TPSA) is 69.6 Å². The first-order chi connectivity index (χ1) is 7.60. The van der Waals surface area contributed by atoms with Crippen LogP contribution in [0.15, 0.2) is 12.1 Å². The molecule has 2 heterocycles. The van der Waals surface area contributed by atoms with Gasteiger partial charge in [0.1, 0.15) is 5.82 Å². The highest BCUT2D eigenvalue weighted by atomic mass is 15.4. The summed E-state index contributed by atoms with van der Waals surface area (Å²) in [6.07, 6.45) is 0.848. The summed E-state index contributed by atoms with van der Waals surface area (Å²) in [5.41, 5.74) is 8.56. The number of hydrogen-bond donors (Lipinski definition) is 1. The first-order valence-corrected chi connectivity index (χ1v) is 5.27. The van der Waals surface area contributed by atoms with E-state index in [0.29, 0.717) is 11.8 Å². The molecule has 0 saturated heterocycles. The van der Waals surface area contributed by atoms with Gasteiger partial charge in [0.2, 0.25) is 0 Å². The van der Waals surface area contributed by atoms with Gasteiger partial charge in [0.25, 0.3) is 5.95 Å². The van der Waals surface area contributed by atoms with Crippen molar-refractivity contribution in [3.8, 4) is 5.95 Å². The molecule has 0 bridgehead atoms. The van der Waals surface area contributed by atoms with Gasteiger partial charge in [0.15, 0.2) is 0 Å². The van der Waals surface area contributed by atoms with Crippen LogP contribution in [0, 0.1) is 13.8 Å². The summed E-state index contributed by atoms with van der Waals surface area (Å²) in [5.74, 6) is 1.09. The van der Waals surface area contributed by atoms with Crippen molar-refractivity contribution in [3.05, 3.63) is 29.2 Å². The van der Waals surface area contributed by atoms with E-state index in [9.17, 15) is 0 Å². The number of nitrogens with two attached hydrogens (primary N) is 1. The van der Waals surface area contributed by atoms with Crippen LogP contribution < -0.4 is 5.73 Å². The molecule has 0 unspecified atom stereocenters. The minimum absolute atomic E-state index is 0.500. The Bertz CT molecular complexity index is 495. The lowest BCUT2D eigenvalue weighted by molar-refractivity contribution is 0.753. The van der Waals surface area contributed by atoms with Gasteiger partial charge < -0.3 is 5.73 Å². The minimum atomic E-state index is 0.500. The monoisotopic (exact) mass is 217 g/mol. The Kier molecular flexibility index (Phi) is 2.60. The number of nitrogens with zero attached hydrogens (tertiary/aromatic N) is 4. The van der Waals surface area contributed by atoms with E-state index in [2.05, 4.69) is 22.0 Å². The lowest BCUT2D eigenvalue weighted by Gasteiger charge is -2.05. The molecule has 2 aromatic rings. The SMILES string of the molecule is CCc1cc(N)nn1-c1nc(C)cc(C)n1. The van der Waals surface area contributed by atoms with Gasteiger partial charge in [-0.05, 0) is 26.3 Å². The average molecular weight is 217 g/mol. The van der Waals surface area contributed by atoms with Crippen LogP contribution in [-0.2, 0) is 6.42 Å². The summed E-state index contributed by atoms with van der Waals surface area (Å²) in [4.78, 5) is 8.72. The second kappa shape index (κ2) is 3.92. The Morgan fingerprint density at radius 2 is 1.81 bits per heavy atom. The predicted molar refractivity (Wildman–Crippen MR) is 62.4 cm³/mol. The third kappa shape index (κ3) is 1.88. The molecule has 0 amide bonds. The summed E-state index contributed by atoms with van der Waals surface area (Å²) in [5, 5.41) is 4.20. The molecule has 0 spiro atoms. The highest BCUT2D eigenvalue weighted by Gasteiger charge is 2.09. The van der Waals surface area contributed by atoms with Crippen LogP contribution in [0.4, 0.5) is 5.82 Å². The Hall–Kier alpha value is -1.91. The first kappa shape index (κ1) is 10.6. The fourth-order valence-corrected chi connectivity index (χ4v) is 1.67. The van der Waals surface area contributed by atoms with Crippen molar-refractivity contribution in [1.29, 1.82) is 0 Å². The van der Waals surface area contributed by atoms with E-state index in [0.717, 1.165) is 23.5 Å². The predicted octanol–water partition coefficient (Wildman–Crippen LogP) is 1.42. The van der Waals surface area contributed by atoms with Crippen LogP contribution in [0.3, 0.4) is 0 Å². The molecule has 0 saturated carbocycles. The van der Waals surface area contributed by atoms with Crippen molar-refractivity contribution in [3.63, 3.8) is 0 Å².